The predicted octanol–water partition coefficient (Wildman–Crippen LogP) is 2.83. The van der Waals surface area contributed by atoms with Crippen LogP contribution in [0.5, 0.6) is 0 Å². The number of hydrogen-bond acceptors (Lipinski definition) is 8. The van der Waals surface area contributed by atoms with Crippen LogP contribution < -0.4 is 0 Å². The van der Waals surface area contributed by atoms with Crippen LogP contribution in [0.1, 0.15) is 5.01 Å². The molecule has 8 heteroatoms. The van der Waals surface area contributed by atoms with Gasteiger partial charge in [-0.2, -0.15) is 10.3 Å². The van der Waals surface area contributed by atoms with Gasteiger partial charge in [0.1, 0.15) is 9.38 Å². The molecule has 15 heavy (non-hydrogen) atoms. The molecule has 0 radical (unpaired) electrons. The fourth-order valence-corrected chi connectivity index (χ4v) is 4.37. The number of rotatable bonds is 3. The van der Waals surface area contributed by atoms with Crippen LogP contribution in [0.15, 0.2) is 9.33 Å². The molecule has 0 fully saturated rings. The van der Waals surface area contributed by atoms with E-state index in [9.17, 15) is 0 Å². The third-order valence-electron chi connectivity index (χ3n) is 1.19. The molecule has 1 heterocycles. The topological polar surface area (TPSA) is 61.9 Å². The van der Waals surface area contributed by atoms with Gasteiger partial charge in [-0.25, -0.2) is 0 Å². The van der Waals surface area contributed by atoms with Crippen LogP contribution in [0.2, 0.25) is 0 Å². The molecule has 0 N–H and O–H groups in total. The molecule has 0 amide bonds. The number of hydrogen-bond donors (Lipinski definition) is 0. The van der Waals surface area contributed by atoms with Crippen molar-refractivity contribution in [2.75, 3.05) is 11.3 Å². The Hall–Kier alpha value is -0.230. The molecule has 1 aromatic rings. The summed E-state index contributed by atoms with van der Waals surface area (Å²) >= 11 is 6.21. The van der Waals surface area contributed by atoms with Crippen LogP contribution >= 0.6 is 46.6 Å². The Kier molecular flexibility index (Phi) is 6.09. The Morgan fingerprint density at radius 3 is 2.93 bits per heavy atom. The molecule has 0 aliphatic carbocycles. The Morgan fingerprint density at radius 2 is 2.40 bits per heavy atom. The van der Waals surface area contributed by atoms with Crippen molar-refractivity contribution in [1.82, 2.24) is 10.2 Å². The van der Waals surface area contributed by atoms with E-state index in [1.165, 1.54) is 11.8 Å². The van der Waals surface area contributed by atoms with Crippen LogP contribution in [0, 0.1) is 18.4 Å². The highest BCUT2D eigenvalue weighted by atomic mass is 32.2. The van der Waals surface area contributed by atoms with Gasteiger partial charge in [0.05, 0.1) is 5.08 Å². The maximum absolute atomic E-state index is 8.40. The maximum Gasteiger partial charge on any atom is 0.207 e. The number of aliphatic imine (C=N–C) groups is 1. The first-order chi connectivity index (χ1) is 7.26. The van der Waals surface area contributed by atoms with Gasteiger partial charge in [-0.1, -0.05) is 34.9 Å². The SMILES string of the molecule is CSC(=NC#N)SCSc1nnc(C)s1. The third kappa shape index (κ3) is 4.88. The average molecular weight is 276 g/mol. The van der Waals surface area contributed by atoms with Crippen molar-refractivity contribution in [1.29, 1.82) is 5.26 Å². The third-order valence-corrected chi connectivity index (χ3v) is 5.33. The molecule has 1 rings (SSSR count). The van der Waals surface area contributed by atoms with Crippen LogP contribution in [-0.4, -0.2) is 25.9 Å². The van der Waals surface area contributed by atoms with E-state index in [0.29, 0.717) is 0 Å². The first-order valence-corrected chi connectivity index (χ1v) is 7.84. The average Bonchev–Trinajstić information content (AvgIpc) is 2.63. The van der Waals surface area contributed by atoms with Crippen molar-refractivity contribution in [3.63, 3.8) is 0 Å². The highest BCUT2D eigenvalue weighted by Crippen LogP contribution is 2.27. The predicted molar refractivity (Wildman–Crippen MR) is 69.5 cm³/mol. The Bertz CT molecular complexity index is 381. The Labute approximate surface area is 105 Å². The second kappa shape index (κ2) is 7.11. The molecule has 0 aliphatic rings. The van der Waals surface area contributed by atoms with Crippen molar-refractivity contribution in [3.8, 4) is 6.19 Å². The number of nitriles is 1. The summed E-state index contributed by atoms with van der Waals surface area (Å²) in [6.45, 7) is 1.93. The number of nitrogens with zero attached hydrogens (tertiary/aromatic N) is 4. The standard InChI is InChI=1S/C7H8N4S4/c1-5-10-11-7(15-5)14-4-13-6(12-2)9-3-8/h4H2,1-2H3. The van der Waals surface area contributed by atoms with Crippen molar-refractivity contribution >= 4 is 51.0 Å². The summed E-state index contributed by atoms with van der Waals surface area (Å²) in [5.74, 6) is 0. The minimum atomic E-state index is 0.784. The van der Waals surface area contributed by atoms with Gasteiger partial charge < -0.3 is 0 Å². The normalized spacial score (nSPS) is 11.4. The van der Waals surface area contributed by atoms with E-state index in [1.807, 2.05) is 13.2 Å². The number of thioether (sulfide) groups is 3. The first kappa shape index (κ1) is 12.8. The van der Waals surface area contributed by atoms with E-state index in [4.69, 9.17) is 5.26 Å². The monoisotopic (exact) mass is 276 g/mol. The molecule has 1 aromatic heterocycles. The van der Waals surface area contributed by atoms with Gasteiger partial charge in [0.15, 0.2) is 4.34 Å². The molecule has 0 aliphatic heterocycles. The lowest BCUT2D eigenvalue weighted by molar-refractivity contribution is 0.985. The van der Waals surface area contributed by atoms with Crippen molar-refractivity contribution in [2.45, 2.75) is 11.3 Å². The summed E-state index contributed by atoms with van der Waals surface area (Å²) in [7, 11) is 0. The minimum absolute atomic E-state index is 0.784. The summed E-state index contributed by atoms with van der Waals surface area (Å²) in [6.07, 6.45) is 3.69. The van der Waals surface area contributed by atoms with Crippen LogP contribution in [-0.2, 0) is 0 Å². The second-order valence-electron chi connectivity index (χ2n) is 2.18. The zero-order valence-electron chi connectivity index (χ0n) is 8.13. The van der Waals surface area contributed by atoms with E-state index in [2.05, 4.69) is 15.2 Å². The lowest BCUT2D eigenvalue weighted by Gasteiger charge is -1.97. The van der Waals surface area contributed by atoms with Gasteiger partial charge in [0, 0.05) is 0 Å². The zero-order chi connectivity index (χ0) is 11.1. The summed E-state index contributed by atoms with van der Waals surface area (Å²) in [4.78, 5) is 3.68. The zero-order valence-corrected chi connectivity index (χ0v) is 11.4. The van der Waals surface area contributed by atoms with Gasteiger partial charge in [-0.15, -0.1) is 22.0 Å². The van der Waals surface area contributed by atoms with Gasteiger partial charge in [-0.05, 0) is 13.2 Å². The van der Waals surface area contributed by atoms with Crippen molar-refractivity contribution in [3.05, 3.63) is 5.01 Å². The Morgan fingerprint density at radius 1 is 1.60 bits per heavy atom. The fourth-order valence-electron chi connectivity index (χ4n) is 0.645. The maximum atomic E-state index is 8.40. The van der Waals surface area contributed by atoms with Gasteiger partial charge in [0.2, 0.25) is 6.19 Å². The smallest absolute Gasteiger partial charge is 0.170 e. The van der Waals surface area contributed by atoms with Gasteiger partial charge >= 0.3 is 0 Å². The highest BCUT2D eigenvalue weighted by Gasteiger charge is 2.03. The molecule has 0 saturated carbocycles. The van der Waals surface area contributed by atoms with E-state index in [0.717, 1.165) is 18.8 Å². The summed E-state index contributed by atoms with van der Waals surface area (Å²) in [5.41, 5.74) is 0. The number of aromatic nitrogens is 2. The summed E-state index contributed by atoms with van der Waals surface area (Å²) < 4.78 is 1.74. The Balaban J connectivity index is 2.33. The fraction of sp³-hybridized carbons (Fsp3) is 0.429. The van der Waals surface area contributed by atoms with Crippen LogP contribution in [0.4, 0.5) is 0 Å². The second-order valence-corrected chi connectivity index (χ2v) is 6.96. The molecule has 4 nitrogen and oxygen atoms in total. The summed E-state index contributed by atoms with van der Waals surface area (Å²) in [5, 5.41) is 18.1. The largest absolute Gasteiger partial charge is 0.207 e. The molecule has 0 aromatic carbocycles. The van der Waals surface area contributed by atoms with Crippen molar-refractivity contribution < 1.29 is 0 Å². The molecule has 0 bridgehead atoms. The van der Waals surface area contributed by atoms with E-state index >= 15 is 0 Å². The molecular weight excluding hydrogens is 268 g/mol. The van der Waals surface area contributed by atoms with Gasteiger partial charge in [0.25, 0.3) is 0 Å². The number of aryl methyl sites for hydroxylation is 1. The quantitative estimate of drug-likeness (QED) is 0.278. The molecular formula is C7H8N4S4. The minimum Gasteiger partial charge on any atom is -0.170 e. The van der Waals surface area contributed by atoms with Crippen molar-refractivity contribution in [2.24, 2.45) is 4.99 Å². The molecule has 0 atom stereocenters. The van der Waals surface area contributed by atoms with Crippen LogP contribution in [0.25, 0.3) is 0 Å². The first-order valence-electron chi connectivity index (χ1n) is 3.82. The van der Waals surface area contributed by atoms with E-state index < -0.39 is 0 Å². The molecule has 0 unspecified atom stereocenters. The highest BCUT2D eigenvalue weighted by molar-refractivity contribution is 8.41. The molecule has 80 valence electrons. The van der Waals surface area contributed by atoms with E-state index in [-0.39, 0.29) is 0 Å². The van der Waals surface area contributed by atoms with Gasteiger partial charge in [-0.3, -0.25) is 0 Å². The lowest BCUT2D eigenvalue weighted by atomic mass is 10.9. The molecule has 0 saturated heterocycles. The summed E-state index contributed by atoms with van der Waals surface area (Å²) in [6, 6.07) is 0. The lowest BCUT2D eigenvalue weighted by Crippen LogP contribution is -1.84. The van der Waals surface area contributed by atoms with Crippen LogP contribution in [0.3, 0.4) is 0 Å². The molecule has 0 spiro atoms. The van der Waals surface area contributed by atoms with E-state index in [1.54, 1.807) is 41.1 Å².